The third kappa shape index (κ3) is 3.61. The highest BCUT2D eigenvalue weighted by Crippen LogP contribution is 2.32. The molecule has 0 aliphatic rings. The van der Waals surface area contributed by atoms with Crippen molar-refractivity contribution in [1.29, 1.82) is 0 Å². The van der Waals surface area contributed by atoms with Crippen LogP contribution in [-0.2, 0) is 9.84 Å². The summed E-state index contributed by atoms with van der Waals surface area (Å²) in [5.74, 6) is 1.11. The van der Waals surface area contributed by atoms with Gasteiger partial charge in [0, 0.05) is 24.2 Å². The largest absolute Gasteiger partial charge is 0.368 e. The van der Waals surface area contributed by atoms with E-state index < -0.39 is 9.84 Å². The van der Waals surface area contributed by atoms with Crippen molar-refractivity contribution in [3.8, 4) is 11.1 Å². The van der Waals surface area contributed by atoms with Gasteiger partial charge < -0.3 is 11.1 Å². The van der Waals surface area contributed by atoms with E-state index in [9.17, 15) is 8.42 Å². The number of aromatic nitrogens is 5. The summed E-state index contributed by atoms with van der Waals surface area (Å²) in [6.07, 6.45) is 4.48. The van der Waals surface area contributed by atoms with Crippen molar-refractivity contribution in [2.45, 2.75) is 18.7 Å². The number of sulfone groups is 1. The number of nitrogens with two attached hydrogens (primary N) is 1. The molecule has 148 valence electrons. The maximum Gasteiger partial charge on any atom is 0.221 e. The molecule has 29 heavy (non-hydrogen) atoms. The molecule has 0 saturated heterocycles. The van der Waals surface area contributed by atoms with Crippen LogP contribution in [0.1, 0.15) is 11.1 Å². The summed E-state index contributed by atoms with van der Waals surface area (Å²) in [7, 11) is -3.38. The van der Waals surface area contributed by atoms with Gasteiger partial charge in [0.2, 0.25) is 5.95 Å². The van der Waals surface area contributed by atoms with Crippen LogP contribution in [0.15, 0.2) is 41.6 Å². The van der Waals surface area contributed by atoms with Gasteiger partial charge in [-0.15, -0.1) is 0 Å². The van der Waals surface area contributed by atoms with Crippen LogP contribution in [0, 0.1) is 13.8 Å². The number of pyridine rings is 1. The molecule has 0 fully saturated rings. The lowest BCUT2D eigenvalue weighted by molar-refractivity contribution is 0.601. The predicted octanol–water partition coefficient (Wildman–Crippen LogP) is 2.76. The van der Waals surface area contributed by atoms with Gasteiger partial charge in [-0.1, -0.05) is 12.1 Å². The summed E-state index contributed by atoms with van der Waals surface area (Å²) in [4.78, 5) is 12.9. The van der Waals surface area contributed by atoms with E-state index in [2.05, 4.69) is 30.5 Å². The highest BCUT2D eigenvalue weighted by Gasteiger charge is 2.16. The van der Waals surface area contributed by atoms with Crippen LogP contribution in [-0.4, -0.2) is 39.8 Å². The smallest absolute Gasteiger partial charge is 0.221 e. The molecule has 0 unspecified atom stereocenters. The quantitative estimate of drug-likeness (QED) is 0.467. The van der Waals surface area contributed by atoms with Gasteiger partial charge >= 0.3 is 0 Å². The van der Waals surface area contributed by atoms with E-state index in [1.54, 1.807) is 31.5 Å². The molecule has 9 nitrogen and oxygen atoms in total. The molecule has 0 aliphatic carbocycles. The van der Waals surface area contributed by atoms with Crippen LogP contribution in [0.5, 0.6) is 0 Å². The zero-order valence-electron chi connectivity index (χ0n) is 16.1. The van der Waals surface area contributed by atoms with Crippen molar-refractivity contribution in [2.75, 3.05) is 17.3 Å². The normalized spacial score (nSPS) is 11.7. The van der Waals surface area contributed by atoms with E-state index in [-0.39, 0.29) is 10.8 Å². The van der Waals surface area contributed by atoms with Gasteiger partial charge in [0.25, 0.3) is 0 Å². The van der Waals surface area contributed by atoms with Crippen LogP contribution in [0.2, 0.25) is 0 Å². The first kappa shape index (κ1) is 18.8. The third-order valence-electron chi connectivity index (χ3n) is 4.50. The van der Waals surface area contributed by atoms with E-state index in [0.29, 0.717) is 34.0 Å². The number of fused-ring (bicyclic) bond motifs is 1. The Balaban J connectivity index is 1.84. The first-order chi connectivity index (χ1) is 13.7. The van der Waals surface area contributed by atoms with E-state index in [1.165, 1.54) is 6.26 Å². The monoisotopic (exact) mass is 409 g/mol. The number of rotatable bonds is 4. The fourth-order valence-electron chi connectivity index (χ4n) is 3.09. The maximum absolute atomic E-state index is 12.1. The molecule has 4 N–H and O–H groups in total. The van der Waals surface area contributed by atoms with Crippen molar-refractivity contribution in [3.05, 3.63) is 47.8 Å². The Morgan fingerprint density at radius 2 is 1.90 bits per heavy atom. The van der Waals surface area contributed by atoms with Gasteiger partial charge in [0.15, 0.2) is 15.5 Å². The van der Waals surface area contributed by atoms with E-state index in [1.807, 2.05) is 19.1 Å². The summed E-state index contributed by atoms with van der Waals surface area (Å²) in [6, 6.07) is 7.14. The lowest BCUT2D eigenvalue weighted by atomic mass is 10.1. The Hall–Kier alpha value is -3.53. The fourth-order valence-corrected chi connectivity index (χ4v) is 4.08. The number of aryl methyl sites for hydroxylation is 2. The molecule has 0 atom stereocenters. The first-order valence-corrected chi connectivity index (χ1v) is 10.6. The number of hydrogen-bond donors (Lipinski definition) is 3. The van der Waals surface area contributed by atoms with Gasteiger partial charge in [0.1, 0.15) is 11.6 Å². The summed E-state index contributed by atoms with van der Waals surface area (Å²) in [5, 5.41) is 11.1. The van der Waals surface area contributed by atoms with Gasteiger partial charge in [-0.05, 0) is 42.7 Å². The average Bonchev–Trinajstić information content (AvgIpc) is 3.04. The number of benzene rings is 1. The van der Waals surface area contributed by atoms with Gasteiger partial charge in [-0.2, -0.15) is 10.1 Å². The second-order valence-corrected chi connectivity index (χ2v) is 8.83. The highest BCUT2D eigenvalue weighted by molar-refractivity contribution is 7.90. The molecule has 4 aromatic rings. The number of nitrogens with one attached hydrogen (secondary N) is 2. The maximum atomic E-state index is 12.1. The third-order valence-corrected chi connectivity index (χ3v) is 5.73. The van der Waals surface area contributed by atoms with Crippen molar-refractivity contribution in [2.24, 2.45) is 0 Å². The molecule has 3 aromatic heterocycles. The lowest BCUT2D eigenvalue weighted by Gasteiger charge is -2.12. The molecule has 0 spiro atoms. The van der Waals surface area contributed by atoms with Crippen molar-refractivity contribution in [3.63, 3.8) is 0 Å². The molecule has 4 rings (SSSR count). The first-order valence-electron chi connectivity index (χ1n) is 8.74. The van der Waals surface area contributed by atoms with Crippen molar-refractivity contribution >= 4 is 38.5 Å². The van der Waals surface area contributed by atoms with Crippen LogP contribution in [0.3, 0.4) is 0 Å². The van der Waals surface area contributed by atoms with E-state index in [4.69, 9.17) is 5.73 Å². The highest BCUT2D eigenvalue weighted by atomic mass is 32.2. The standard InChI is InChI=1S/C19H19N7O2S/c1-10-6-13-16(21-8-10)25-26-18(13)23-17-14(9-22-19(20)24-17)12-5-4-11(2)15(7-12)29(3,27)28/h4-9H,1-3H3,(H4,20,21,22,23,24,25,26). The Bertz CT molecular complexity index is 1350. The van der Waals surface area contributed by atoms with Crippen LogP contribution in [0.4, 0.5) is 17.6 Å². The number of aromatic amines is 1. The van der Waals surface area contributed by atoms with Gasteiger partial charge in [0.05, 0.1) is 10.3 Å². The Morgan fingerprint density at radius 1 is 1.10 bits per heavy atom. The summed E-state index contributed by atoms with van der Waals surface area (Å²) >= 11 is 0. The number of anilines is 3. The summed E-state index contributed by atoms with van der Waals surface area (Å²) in [6.45, 7) is 3.70. The SMILES string of the molecule is Cc1cnc2n[nH]c(Nc3nc(N)ncc3-c3ccc(C)c(S(C)(=O)=O)c3)c2c1. The fraction of sp³-hybridized carbons (Fsp3) is 0.158. The van der Waals surface area contributed by atoms with Crippen LogP contribution >= 0.6 is 0 Å². The van der Waals surface area contributed by atoms with Gasteiger partial charge in [-0.25, -0.2) is 18.4 Å². The summed E-state index contributed by atoms with van der Waals surface area (Å²) in [5.41, 5.74) is 9.27. The Kier molecular flexibility index (Phi) is 4.42. The molecule has 0 amide bonds. The van der Waals surface area contributed by atoms with Gasteiger partial charge in [-0.3, -0.25) is 5.10 Å². The summed E-state index contributed by atoms with van der Waals surface area (Å²) < 4.78 is 24.2. The number of H-pyrrole nitrogens is 1. The number of nitrogen functional groups attached to an aromatic ring is 1. The molecular formula is C19H19N7O2S. The number of nitrogens with zero attached hydrogens (tertiary/aromatic N) is 4. The Labute approximate surface area is 167 Å². The zero-order chi connectivity index (χ0) is 20.8. The molecule has 1 aromatic carbocycles. The van der Waals surface area contributed by atoms with E-state index >= 15 is 0 Å². The molecule has 10 heteroatoms. The minimum atomic E-state index is -3.38. The minimum Gasteiger partial charge on any atom is -0.368 e. The number of hydrogen-bond acceptors (Lipinski definition) is 8. The lowest BCUT2D eigenvalue weighted by Crippen LogP contribution is -2.04. The topological polar surface area (TPSA) is 140 Å². The molecular weight excluding hydrogens is 390 g/mol. The average molecular weight is 409 g/mol. The van der Waals surface area contributed by atoms with E-state index in [0.717, 1.165) is 10.9 Å². The molecule has 0 saturated carbocycles. The molecule has 0 bridgehead atoms. The van der Waals surface area contributed by atoms with Crippen LogP contribution < -0.4 is 11.1 Å². The second-order valence-electron chi connectivity index (χ2n) is 6.85. The zero-order valence-corrected chi connectivity index (χ0v) is 16.9. The molecule has 0 radical (unpaired) electrons. The van der Waals surface area contributed by atoms with Crippen LogP contribution in [0.25, 0.3) is 22.2 Å². The Morgan fingerprint density at radius 3 is 2.66 bits per heavy atom. The van der Waals surface area contributed by atoms with Crippen molar-refractivity contribution < 1.29 is 8.42 Å². The second kappa shape index (κ2) is 6.82. The predicted molar refractivity (Wildman–Crippen MR) is 112 cm³/mol. The molecule has 3 heterocycles. The molecule has 0 aliphatic heterocycles. The minimum absolute atomic E-state index is 0.0878. The van der Waals surface area contributed by atoms with Crippen molar-refractivity contribution in [1.82, 2.24) is 25.1 Å².